The average Bonchev–Trinajstić information content (AvgIpc) is 2.48. The Labute approximate surface area is 75.5 Å². The van der Waals surface area contributed by atoms with Crippen LogP contribution in [0, 0.1) is 12.7 Å². The molecule has 12 heavy (non-hydrogen) atoms. The fourth-order valence-electron chi connectivity index (χ4n) is 1.60. The molecule has 0 saturated heterocycles. The van der Waals surface area contributed by atoms with Crippen molar-refractivity contribution in [3.63, 3.8) is 0 Å². The van der Waals surface area contributed by atoms with E-state index in [0.29, 0.717) is 6.54 Å². The van der Waals surface area contributed by atoms with E-state index in [2.05, 4.69) is 5.32 Å². The minimum absolute atomic E-state index is 0.231. The fraction of sp³-hybridized carbons (Fsp3) is 0.333. The Morgan fingerprint density at radius 1 is 1.42 bits per heavy atom. The van der Waals surface area contributed by atoms with E-state index in [1.54, 1.807) is 6.07 Å². The van der Waals surface area contributed by atoms with Gasteiger partial charge in [0.25, 0.3) is 0 Å². The average molecular weight is 186 g/mol. The van der Waals surface area contributed by atoms with Gasteiger partial charge in [-0.3, -0.25) is 0 Å². The SMILES string of the molecule is Cc1cc(Cl)c(F)c2c1CNC2. The molecular weight excluding hydrogens is 177 g/mol. The molecule has 1 nitrogen and oxygen atoms in total. The normalized spacial score (nSPS) is 14.9. The van der Waals surface area contributed by atoms with E-state index in [9.17, 15) is 4.39 Å². The molecule has 1 aromatic carbocycles. The second kappa shape index (κ2) is 2.71. The summed E-state index contributed by atoms with van der Waals surface area (Å²) in [5.41, 5.74) is 2.87. The maximum absolute atomic E-state index is 13.3. The van der Waals surface area contributed by atoms with E-state index in [1.807, 2.05) is 6.92 Å². The lowest BCUT2D eigenvalue weighted by atomic mass is 10.0. The van der Waals surface area contributed by atoms with Gasteiger partial charge < -0.3 is 5.32 Å². The van der Waals surface area contributed by atoms with Crippen molar-refractivity contribution < 1.29 is 4.39 Å². The number of hydrogen-bond donors (Lipinski definition) is 1. The Hall–Kier alpha value is -0.600. The molecule has 2 rings (SSSR count). The Balaban J connectivity index is 2.69. The summed E-state index contributed by atoms with van der Waals surface area (Å²) >= 11 is 5.69. The van der Waals surface area contributed by atoms with Crippen LogP contribution in [0.1, 0.15) is 16.7 Å². The van der Waals surface area contributed by atoms with Crippen molar-refractivity contribution in [1.29, 1.82) is 0 Å². The van der Waals surface area contributed by atoms with Gasteiger partial charge in [-0.2, -0.15) is 0 Å². The van der Waals surface area contributed by atoms with Gasteiger partial charge in [-0.15, -0.1) is 0 Å². The largest absolute Gasteiger partial charge is 0.308 e. The van der Waals surface area contributed by atoms with Crippen molar-refractivity contribution in [3.05, 3.63) is 33.6 Å². The number of benzene rings is 1. The molecule has 0 aliphatic carbocycles. The first-order valence-corrected chi connectivity index (χ1v) is 4.25. The van der Waals surface area contributed by atoms with Gasteiger partial charge in [-0.1, -0.05) is 11.6 Å². The molecule has 64 valence electrons. The summed E-state index contributed by atoms with van der Waals surface area (Å²) < 4.78 is 13.3. The first kappa shape index (κ1) is 8.02. The summed E-state index contributed by atoms with van der Waals surface area (Å²) in [6.45, 7) is 3.31. The third-order valence-electron chi connectivity index (χ3n) is 2.26. The fourth-order valence-corrected chi connectivity index (χ4v) is 1.88. The summed E-state index contributed by atoms with van der Waals surface area (Å²) in [6, 6.07) is 1.68. The molecule has 0 atom stereocenters. The Kier molecular flexibility index (Phi) is 1.81. The van der Waals surface area contributed by atoms with Crippen LogP contribution in [0.15, 0.2) is 6.07 Å². The molecule has 1 heterocycles. The summed E-state index contributed by atoms with van der Waals surface area (Å²) in [5, 5.41) is 3.33. The summed E-state index contributed by atoms with van der Waals surface area (Å²) in [5.74, 6) is -0.262. The number of halogens is 2. The van der Waals surface area contributed by atoms with Crippen LogP contribution >= 0.6 is 11.6 Å². The highest BCUT2D eigenvalue weighted by Gasteiger charge is 2.18. The Bertz CT molecular complexity index is 336. The molecule has 0 bridgehead atoms. The minimum atomic E-state index is -0.262. The molecule has 0 spiro atoms. The topological polar surface area (TPSA) is 12.0 Å². The molecule has 1 aliphatic rings. The second-order valence-electron chi connectivity index (χ2n) is 3.05. The molecule has 0 amide bonds. The van der Waals surface area contributed by atoms with Crippen LogP contribution in [0.5, 0.6) is 0 Å². The first-order chi connectivity index (χ1) is 5.70. The summed E-state index contributed by atoms with van der Waals surface area (Å²) in [7, 11) is 0. The molecule has 1 aliphatic heterocycles. The maximum atomic E-state index is 13.3. The highest BCUT2D eigenvalue weighted by atomic mass is 35.5. The molecule has 3 heteroatoms. The first-order valence-electron chi connectivity index (χ1n) is 3.87. The van der Waals surface area contributed by atoms with Crippen molar-refractivity contribution in [2.75, 3.05) is 0 Å². The van der Waals surface area contributed by atoms with Gasteiger partial charge in [-0.05, 0) is 24.1 Å². The molecule has 1 N–H and O–H groups in total. The Morgan fingerprint density at radius 2 is 2.08 bits per heavy atom. The monoisotopic (exact) mass is 185 g/mol. The highest BCUT2D eigenvalue weighted by Crippen LogP contribution is 2.28. The van der Waals surface area contributed by atoms with Gasteiger partial charge in [0.1, 0.15) is 5.82 Å². The van der Waals surface area contributed by atoms with Crippen molar-refractivity contribution in [3.8, 4) is 0 Å². The number of nitrogens with one attached hydrogen (secondary N) is 1. The van der Waals surface area contributed by atoms with Crippen LogP contribution in [0.3, 0.4) is 0 Å². The molecule has 0 saturated carbocycles. The number of fused-ring (bicyclic) bond motifs is 1. The minimum Gasteiger partial charge on any atom is -0.308 e. The summed E-state index contributed by atoms with van der Waals surface area (Å²) in [4.78, 5) is 0. The molecule has 0 unspecified atom stereocenters. The van der Waals surface area contributed by atoms with Gasteiger partial charge in [0.05, 0.1) is 5.02 Å². The molecular formula is C9H9ClFN. The lowest BCUT2D eigenvalue weighted by Gasteiger charge is -2.05. The van der Waals surface area contributed by atoms with Crippen LogP contribution in [-0.4, -0.2) is 0 Å². The zero-order valence-corrected chi connectivity index (χ0v) is 7.50. The van der Waals surface area contributed by atoms with E-state index in [4.69, 9.17) is 11.6 Å². The predicted octanol–water partition coefficient (Wildman–Crippen LogP) is 2.39. The van der Waals surface area contributed by atoms with E-state index < -0.39 is 0 Å². The third kappa shape index (κ3) is 1.03. The lowest BCUT2D eigenvalue weighted by Crippen LogP contribution is -2.00. The van der Waals surface area contributed by atoms with Crippen molar-refractivity contribution in [1.82, 2.24) is 5.32 Å². The number of rotatable bonds is 0. The standard InChI is InChI=1S/C9H9ClFN/c1-5-2-8(10)9(11)7-4-12-3-6(5)7/h2,12H,3-4H2,1H3. The quantitative estimate of drug-likeness (QED) is 0.655. The third-order valence-corrected chi connectivity index (χ3v) is 2.54. The van der Waals surface area contributed by atoms with Gasteiger partial charge in [0, 0.05) is 18.7 Å². The molecule has 0 radical (unpaired) electrons. The maximum Gasteiger partial charge on any atom is 0.146 e. The van der Waals surface area contributed by atoms with Crippen LogP contribution in [0.4, 0.5) is 4.39 Å². The summed E-state index contributed by atoms with van der Waals surface area (Å²) in [6.07, 6.45) is 0. The van der Waals surface area contributed by atoms with E-state index in [-0.39, 0.29) is 10.8 Å². The van der Waals surface area contributed by atoms with Crippen LogP contribution in [0.25, 0.3) is 0 Å². The van der Waals surface area contributed by atoms with E-state index >= 15 is 0 Å². The van der Waals surface area contributed by atoms with Crippen LogP contribution in [-0.2, 0) is 13.1 Å². The second-order valence-corrected chi connectivity index (χ2v) is 3.46. The van der Waals surface area contributed by atoms with Gasteiger partial charge in [0.2, 0.25) is 0 Å². The van der Waals surface area contributed by atoms with Gasteiger partial charge >= 0.3 is 0 Å². The Morgan fingerprint density at radius 3 is 2.83 bits per heavy atom. The lowest BCUT2D eigenvalue weighted by molar-refractivity contribution is 0.608. The van der Waals surface area contributed by atoms with E-state index in [0.717, 1.165) is 23.2 Å². The smallest absolute Gasteiger partial charge is 0.146 e. The van der Waals surface area contributed by atoms with Crippen molar-refractivity contribution in [2.45, 2.75) is 20.0 Å². The predicted molar refractivity (Wildman–Crippen MR) is 46.7 cm³/mol. The van der Waals surface area contributed by atoms with Crippen molar-refractivity contribution >= 4 is 11.6 Å². The molecule has 1 aromatic rings. The van der Waals surface area contributed by atoms with Crippen LogP contribution < -0.4 is 5.32 Å². The van der Waals surface area contributed by atoms with Gasteiger partial charge in [0.15, 0.2) is 0 Å². The molecule has 0 fully saturated rings. The van der Waals surface area contributed by atoms with E-state index in [1.165, 1.54) is 0 Å². The zero-order valence-electron chi connectivity index (χ0n) is 6.75. The number of aryl methyl sites for hydroxylation is 1. The van der Waals surface area contributed by atoms with Gasteiger partial charge in [-0.25, -0.2) is 4.39 Å². The molecule has 0 aromatic heterocycles. The van der Waals surface area contributed by atoms with Crippen LogP contribution in [0.2, 0.25) is 5.02 Å². The highest BCUT2D eigenvalue weighted by molar-refractivity contribution is 6.30. The zero-order chi connectivity index (χ0) is 8.72. The van der Waals surface area contributed by atoms with Crippen molar-refractivity contribution in [2.24, 2.45) is 0 Å². The number of hydrogen-bond acceptors (Lipinski definition) is 1.